The van der Waals surface area contributed by atoms with Crippen molar-refractivity contribution in [2.75, 3.05) is 14.2 Å². The first-order valence-corrected chi connectivity index (χ1v) is 17.2. The fourth-order valence-electron chi connectivity index (χ4n) is 5.66. The summed E-state index contributed by atoms with van der Waals surface area (Å²) in [5.74, 6) is 1.62. The van der Waals surface area contributed by atoms with Crippen LogP contribution in [0, 0.1) is 12.1 Å². The van der Waals surface area contributed by atoms with Gasteiger partial charge in [-0.05, 0) is 56.1 Å². The molecule has 280 valence electrons. The number of fused-ring (bicyclic) bond motifs is 6. The fourth-order valence-corrected chi connectivity index (χ4v) is 5.66. The van der Waals surface area contributed by atoms with Gasteiger partial charge in [-0.3, -0.25) is 0 Å². The van der Waals surface area contributed by atoms with Crippen molar-refractivity contribution in [3.05, 3.63) is 183 Å². The number of hydrogen-bond acceptors (Lipinski definition) is 6. The van der Waals surface area contributed by atoms with Crippen LogP contribution in [0.4, 0.5) is 0 Å². The molecular formula is C46H34N6O2Pt2. The van der Waals surface area contributed by atoms with E-state index in [1.165, 1.54) is 10.8 Å². The van der Waals surface area contributed by atoms with Crippen LogP contribution in [0.3, 0.4) is 0 Å². The summed E-state index contributed by atoms with van der Waals surface area (Å²) in [6.45, 7) is 0. The third-order valence-corrected chi connectivity index (χ3v) is 8.34. The minimum absolute atomic E-state index is 0. The van der Waals surface area contributed by atoms with Gasteiger partial charge in [0.2, 0.25) is 0 Å². The molecule has 10 rings (SSSR count). The molecule has 0 amide bonds. The number of aromatic nitrogens is 6. The molecule has 0 unspecified atom stereocenters. The Morgan fingerprint density at radius 2 is 0.804 bits per heavy atom. The largest absolute Gasteiger partial charge is 2.00 e. The maximum Gasteiger partial charge on any atom is 2.00 e. The molecule has 10 aromatic rings. The van der Waals surface area contributed by atoms with Gasteiger partial charge < -0.3 is 39.4 Å². The van der Waals surface area contributed by atoms with Gasteiger partial charge in [-0.2, -0.15) is 0 Å². The van der Waals surface area contributed by atoms with E-state index in [0.29, 0.717) is 0 Å². The molecular weight excluding hydrogens is 1060 g/mol. The topological polar surface area (TPSA) is 98.2 Å². The van der Waals surface area contributed by atoms with E-state index in [1.54, 1.807) is 39.0 Å². The second-order valence-electron chi connectivity index (χ2n) is 11.7. The summed E-state index contributed by atoms with van der Waals surface area (Å²) < 4.78 is 10.1. The molecule has 0 aliphatic carbocycles. The van der Waals surface area contributed by atoms with Crippen LogP contribution in [0.25, 0.3) is 66.4 Å². The molecule has 0 bridgehead atoms. The van der Waals surface area contributed by atoms with E-state index >= 15 is 0 Å². The van der Waals surface area contributed by atoms with Crippen molar-refractivity contribution in [1.82, 2.24) is 29.9 Å². The van der Waals surface area contributed by atoms with E-state index in [9.17, 15) is 0 Å². The van der Waals surface area contributed by atoms with Crippen molar-refractivity contribution >= 4 is 43.9 Å². The van der Waals surface area contributed by atoms with Gasteiger partial charge in [-0.25, -0.2) is 0 Å². The Balaban J connectivity index is 0.000000141. The van der Waals surface area contributed by atoms with Crippen molar-refractivity contribution in [3.8, 4) is 34.0 Å². The molecule has 0 spiro atoms. The summed E-state index contributed by atoms with van der Waals surface area (Å²) in [6.07, 6.45) is 7.09. The molecule has 0 radical (unpaired) electrons. The molecule has 0 saturated carbocycles. The molecule has 0 fully saturated rings. The summed E-state index contributed by atoms with van der Waals surface area (Å²) in [7, 11) is 3.28. The van der Waals surface area contributed by atoms with Crippen LogP contribution in [0.5, 0.6) is 11.5 Å². The Hall–Kier alpha value is -5.94. The predicted molar refractivity (Wildman–Crippen MR) is 215 cm³/mol. The maximum absolute atomic E-state index is 5.05. The normalized spacial score (nSPS) is 10.0. The number of ether oxygens (including phenoxy) is 2. The van der Waals surface area contributed by atoms with Crippen molar-refractivity contribution in [2.45, 2.75) is 0 Å². The smallest absolute Gasteiger partial charge is 0.540 e. The number of methoxy groups -OCH3 is 2. The van der Waals surface area contributed by atoms with Crippen molar-refractivity contribution in [1.29, 1.82) is 0 Å². The average Bonchev–Trinajstić information content (AvgIpc) is 3.84. The molecule has 4 aromatic carbocycles. The van der Waals surface area contributed by atoms with Crippen LogP contribution in [-0.2, 0) is 42.1 Å². The summed E-state index contributed by atoms with van der Waals surface area (Å²) in [5.41, 5.74) is 7.53. The number of hydrogen-bond donors (Lipinski definition) is 0. The van der Waals surface area contributed by atoms with Gasteiger partial charge in [-0.15, -0.1) is 59.7 Å². The fraction of sp³-hybridized carbons (Fsp3) is 0.0435. The summed E-state index contributed by atoms with van der Waals surface area (Å²) >= 11 is 0. The summed E-state index contributed by atoms with van der Waals surface area (Å²) in [6, 6.07) is 53.4. The summed E-state index contributed by atoms with van der Waals surface area (Å²) in [4.78, 5) is 25.7. The van der Waals surface area contributed by atoms with Crippen molar-refractivity contribution < 1.29 is 51.6 Å². The number of pyridine rings is 4. The third-order valence-electron chi connectivity index (χ3n) is 8.34. The molecule has 10 heteroatoms. The molecule has 0 aliphatic heterocycles. The second-order valence-corrected chi connectivity index (χ2v) is 11.7. The Labute approximate surface area is 353 Å². The predicted octanol–water partition coefficient (Wildman–Crippen LogP) is 9.80. The van der Waals surface area contributed by atoms with Crippen LogP contribution in [0.15, 0.2) is 170 Å². The zero-order valence-corrected chi connectivity index (χ0v) is 34.8. The van der Waals surface area contributed by atoms with Gasteiger partial charge in [0.25, 0.3) is 0 Å². The zero-order valence-electron chi connectivity index (χ0n) is 30.3. The van der Waals surface area contributed by atoms with Gasteiger partial charge in [0.1, 0.15) is 0 Å². The van der Waals surface area contributed by atoms with Gasteiger partial charge in [0.15, 0.2) is 0 Å². The molecule has 8 nitrogen and oxygen atoms in total. The Kier molecular flexibility index (Phi) is 15.2. The van der Waals surface area contributed by atoms with E-state index in [2.05, 4.69) is 66.3 Å². The first-order valence-electron chi connectivity index (χ1n) is 17.2. The van der Waals surface area contributed by atoms with Crippen LogP contribution in [0.2, 0.25) is 0 Å². The minimum Gasteiger partial charge on any atom is -0.540 e. The monoisotopic (exact) mass is 1090 g/mol. The van der Waals surface area contributed by atoms with E-state index in [4.69, 9.17) is 9.47 Å². The number of para-hydroxylation sites is 2. The van der Waals surface area contributed by atoms with Gasteiger partial charge >= 0.3 is 42.1 Å². The Bertz CT molecular complexity index is 2400. The van der Waals surface area contributed by atoms with Gasteiger partial charge in [0.05, 0.1) is 14.2 Å². The zero-order chi connectivity index (χ0) is 37.0. The van der Waals surface area contributed by atoms with Crippen LogP contribution in [0.1, 0.15) is 0 Å². The van der Waals surface area contributed by atoms with E-state index in [-0.39, 0.29) is 42.1 Å². The van der Waals surface area contributed by atoms with Crippen LogP contribution >= 0.6 is 0 Å². The van der Waals surface area contributed by atoms with Crippen molar-refractivity contribution in [2.24, 2.45) is 0 Å². The minimum atomic E-state index is 0. The summed E-state index contributed by atoms with van der Waals surface area (Å²) in [5, 5.41) is 4.65. The number of benzene rings is 4. The van der Waals surface area contributed by atoms with Crippen molar-refractivity contribution in [3.63, 3.8) is 0 Å². The first kappa shape index (κ1) is 41.2. The van der Waals surface area contributed by atoms with Crippen LogP contribution in [-0.4, -0.2) is 34.2 Å². The first-order chi connectivity index (χ1) is 26.7. The molecule has 6 aromatic heterocycles. The third kappa shape index (κ3) is 10.2. The van der Waals surface area contributed by atoms with E-state index < -0.39 is 0 Å². The second kappa shape index (κ2) is 20.7. The average molecular weight is 1090 g/mol. The van der Waals surface area contributed by atoms with Gasteiger partial charge in [0, 0.05) is 23.9 Å². The Morgan fingerprint density at radius 1 is 0.411 bits per heavy atom. The SMILES string of the molecule is COc1c[c-]c(-c2ccccn2)cc1.COc1c[c-]c(-c2ccccn2)cc1.[Pt+2].[Pt+2].c1ccc2c(c1)[n-]c1ncccc12.c1ccc2c(c1)[n-]c1ncccc12. The molecule has 0 aliphatic rings. The molecule has 56 heavy (non-hydrogen) atoms. The quantitative estimate of drug-likeness (QED) is 0.161. The number of rotatable bonds is 4. The van der Waals surface area contributed by atoms with E-state index in [0.717, 1.165) is 67.1 Å². The molecule has 0 saturated heterocycles. The Morgan fingerprint density at radius 3 is 1.18 bits per heavy atom. The molecule has 0 atom stereocenters. The van der Waals surface area contributed by atoms with Crippen LogP contribution < -0.4 is 19.4 Å². The molecule has 6 heterocycles. The van der Waals surface area contributed by atoms with Gasteiger partial charge in [-0.1, -0.05) is 121 Å². The number of nitrogens with zero attached hydrogens (tertiary/aromatic N) is 6. The maximum atomic E-state index is 5.05. The standard InChI is InChI=1S/2C12H10NO.2C11H7N2.2Pt/c2*1-14-11-7-5-10(6-8-11)12-4-2-3-9-13-12;2*1-2-6-10-8(4-1)9-5-3-7-12-11(9)13-10;;/h2*2-5,7-9H,1H3;2*1-7H;;/q4*-1;2*+2. The van der Waals surface area contributed by atoms with E-state index in [1.807, 2.05) is 121 Å². The molecule has 0 N–H and O–H groups in total.